The number of hydrogen-bond donors (Lipinski definition) is 1. The average Bonchev–Trinajstić information content (AvgIpc) is 2.94. The Hall–Kier alpha value is -1.58. The normalized spacial score (nSPS) is 12.5. The van der Waals surface area contributed by atoms with Gasteiger partial charge < -0.3 is 14.5 Å². The van der Waals surface area contributed by atoms with Gasteiger partial charge in [-0.2, -0.15) is 0 Å². The molecule has 1 atom stereocenters. The van der Waals surface area contributed by atoms with Gasteiger partial charge in [0.1, 0.15) is 18.1 Å². The first kappa shape index (κ1) is 14.8. The summed E-state index contributed by atoms with van der Waals surface area (Å²) in [4.78, 5) is 0. The Morgan fingerprint density at radius 3 is 2.60 bits per heavy atom. The Balaban J connectivity index is 1.79. The minimum Gasteiger partial charge on any atom is -0.462 e. The molecule has 3 heteroatoms. The summed E-state index contributed by atoms with van der Waals surface area (Å²) in [6.07, 6.45) is 1.20. The predicted molar refractivity (Wildman–Crippen MR) is 80.4 cm³/mol. The van der Waals surface area contributed by atoms with Gasteiger partial charge in [0.15, 0.2) is 0 Å². The molecule has 1 heterocycles. The van der Waals surface area contributed by atoms with Crippen molar-refractivity contribution in [1.82, 2.24) is 5.32 Å². The highest BCUT2D eigenvalue weighted by atomic mass is 16.5. The minimum atomic E-state index is 0.0722. The van der Waals surface area contributed by atoms with Gasteiger partial charge in [0.05, 0.1) is 12.6 Å². The minimum absolute atomic E-state index is 0.0722. The Labute approximate surface area is 121 Å². The molecular weight excluding hydrogens is 250 g/mol. The molecule has 0 bridgehead atoms. The fourth-order valence-corrected chi connectivity index (χ4v) is 2.01. The van der Waals surface area contributed by atoms with Crippen molar-refractivity contribution in [2.24, 2.45) is 0 Å². The van der Waals surface area contributed by atoms with Crippen LogP contribution in [0.4, 0.5) is 0 Å². The summed E-state index contributed by atoms with van der Waals surface area (Å²) in [5.74, 6) is 1.84. The lowest BCUT2D eigenvalue weighted by atomic mass is 10.1. The largest absolute Gasteiger partial charge is 0.462 e. The van der Waals surface area contributed by atoms with Crippen molar-refractivity contribution < 1.29 is 9.15 Å². The van der Waals surface area contributed by atoms with Gasteiger partial charge >= 0.3 is 0 Å². The Bertz CT molecular complexity index is 493. The molecule has 0 fully saturated rings. The lowest BCUT2D eigenvalue weighted by Crippen LogP contribution is -2.13. The van der Waals surface area contributed by atoms with Gasteiger partial charge in [-0.05, 0) is 37.6 Å². The van der Waals surface area contributed by atoms with E-state index in [-0.39, 0.29) is 6.10 Å². The van der Waals surface area contributed by atoms with Gasteiger partial charge in [0, 0.05) is 0 Å². The van der Waals surface area contributed by atoms with E-state index in [0.29, 0.717) is 6.61 Å². The maximum Gasteiger partial charge on any atom is 0.129 e. The Kier molecular flexibility index (Phi) is 5.84. The summed E-state index contributed by atoms with van der Waals surface area (Å²) in [7, 11) is 0. The van der Waals surface area contributed by atoms with Gasteiger partial charge in [-0.3, -0.25) is 0 Å². The van der Waals surface area contributed by atoms with Crippen LogP contribution in [0.3, 0.4) is 0 Å². The van der Waals surface area contributed by atoms with Crippen LogP contribution < -0.4 is 5.32 Å². The maximum atomic E-state index is 5.84. The molecule has 3 nitrogen and oxygen atoms in total. The number of rotatable bonds is 8. The quantitative estimate of drug-likeness (QED) is 0.737. The second-order valence-electron chi connectivity index (χ2n) is 4.91. The number of benzene rings is 1. The molecule has 0 aliphatic heterocycles. The summed E-state index contributed by atoms with van der Waals surface area (Å²) >= 11 is 0. The van der Waals surface area contributed by atoms with Gasteiger partial charge in [0.2, 0.25) is 0 Å². The molecule has 0 aliphatic rings. The number of hydrogen-bond acceptors (Lipinski definition) is 3. The molecule has 0 radical (unpaired) electrons. The third kappa shape index (κ3) is 4.51. The summed E-state index contributed by atoms with van der Waals surface area (Å²) in [5, 5.41) is 3.32. The number of ether oxygens (including phenoxy) is 1. The topological polar surface area (TPSA) is 34.4 Å². The fourth-order valence-electron chi connectivity index (χ4n) is 2.01. The highest BCUT2D eigenvalue weighted by molar-refractivity contribution is 5.17. The molecule has 108 valence electrons. The monoisotopic (exact) mass is 273 g/mol. The van der Waals surface area contributed by atoms with Crippen molar-refractivity contribution in [3.63, 3.8) is 0 Å². The van der Waals surface area contributed by atoms with E-state index in [2.05, 4.69) is 31.3 Å². The van der Waals surface area contributed by atoms with E-state index in [9.17, 15) is 0 Å². The van der Waals surface area contributed by atoms with E-state index in [1.54, 1.807) is 0 Å². The van der Waals surface area contributed by atoms with E-state index >= 15 is 0 Å². The summed E-state index contributed by atoms with van der Waals surface area (Å²) in [5.41, 5.74) is 1.18. The van der Waals surface area contributed by atoms with Crippen molar-refractivity contribution >= 4 is 0 Å². The first-order valence-corrected chi connectivity index (χ1v) is 7.24. The third-order valence-corrected chi connectivity index (χ3v) is 3.19. The predicted octanol–water partition coefficient (Wildman–Crippen LogP) is 4.06. The SMILES string of the molecule is CCCNCc1ccc(COC(C)c2ccccc2)o1. The van der Waals surface area contributed by atoms with Crippen molar-refractivity contribution in [3.05, 3.63) is 59.5 Å². The summed E-state index contributed by atoms with van der Waals surface area (Å²) < 4.78 is 11.6. The van der Waals surface area contributed by atoms with E-state index in [0.717, 1.165) is 31.0 Å². The molecular formula is C17H23NO2. The molecule has 1 N–H and O–H groups in total. The van der Waals surface area contributed by atoms with Crippen LogP contribution in [0.5, 0.6) is 0 Å². The molecule has 20 heavy (non-hydrogen) atoms. The molecule has 1 aromatic heterocycles. The van der Waals surface area contributed by atoms with Crippen LogP contribution in [-0.2, 0) is 17.9 Å². The Morgan fingerprint density at radius 1 is 1.10 bits per heavy atom. The van der Waals surface area contributed by atoms with Crippen molar-refractivity contribution in [2.45, 2.75) is 39.5 Å². The molecule has 1 aromatic carbocycles. The standard InChI is InChI=1S/C17H23NO2/c1-3-11-18-12-16-9-10-17(20-16)13-19-14(2)15-7-5-4-6-8-15/h4-10,14,18H,3,11-13H2,1-2H3. The van der Waals surface area contributed by atoms with E-state index < -0.39 is 0 Å². The highest BCUT2D eigenvalue weighted by Crippen LogP contribution is 2.19. The van der Waals surface area contributed by atoms with Crippen LogP contribution in [0, 0.1) is 0 Å². The molecule has 0 saturated carbocycles. The molecule has 0 amide bonds. The number of nitrogens with one attached hydrogen (secondary N) is 1. The van der Waals surface area contributed by atoms with Crippen LogP contribution in [0.2, 0.25) is 0 Å². The second-order valence-corrected chi connectivity index (χ2v) is 4.91. The van der Waals surface area contributed by atoms with Gasteiger partial charge in [-0.15, -0.1) is 0 Å². The highest BCUT2D eigenvalue weighted by Gasteiger charge is 2.07. The molecule has 0 aliphatic carbocycles. The van der Waals surface area contributed by atoms with Crippen molar-refractivity contribution in [1.29, 1.82) is 0 Å². The molecule has 1 unspecified atom stereocenters. The van der Waals surface area contributed by atoms with E-state index in [1.807, 2.05) is 30.3 Å². The lowest BCUT2D eigenvalue weighted by molar-refractivity contribution is 0.0414. The summed E-state index contributed by atoms with van der Waals surface area (Å²) in [6, 6.07) is 14.2. The second kappa shape index (κ2) is 7.88. The molecule has 0 saturated heterocycles. The van der Waals surface area contributed by atoms with E-state index in [4.69, 9.17) is 9.15 Å². The average molecular weight is 273 g/mol. The van der Waals surface area contributed by atoms with Crippen LogP contribution in [0.1, 0.15) is 43.5 Å². The zero-order chi connectivity index (χ0) is 14.2. The van der Waals surface area contributed by atoms with Crippen LogP contribution in [-0.4, -0.2) is 6.54 Å². The maximum absolute atomic E-state index is 5.84. The van der Waals surface area contributed by atoms with Gasteiger partial charge in [0.25, 0.3) is 0 Å². The smallest absolute Gasteiger partial charge is 0.129 e. The third-order valence-electron chi connectivity index (χ3n) is 3.19. The first-order valence-electron chi connectivity index (χ1n) is 7.24. The van der Waals surface area contributed by atoms with Crippen LogP contribution in [0.25, 0.3) is 0 Å². The number of furan rings is 1. The lowest BCUT2D eigenvalue weighted by Gasteiger charge is -2.12. The van der Waals surface area contributed by atoms with Crippen LogP contribution >= 0.6 is 0 Å². The molecule has 2 aromatic rings. The van der Waals surface area contributed by atoms with Gasteiger partial charge in [-0.1, -0.05) is 37.3 Å². The molecule has 0 spiro atoms. The van der Waals surface area contributed by atoms with Crippen molar-refractivity contribution in [2.75, 3.05) is 6.54 Å². The Morgan fingerprint density at radius 2 is 1.85 bits per heavy atom. The van der Waals surface area contributed by atoms with E-state index in [1.165, 1.54) is 5.56 Å². The zero-order valence-corrected chi connectivity index (χ0v) is 12.3. The first-order chi connectivity index (χ1) is 9.79. The fraction of sp³-hybridized carbons (Fsp3) is 0.412. The van der Waals surface area contributed by atoms with Gasteiger partial charge in [-0.25, -0.2) is 0 Å². The van der Waals surface area contributed by atoms with Crippen LogP contribution in [0.15, 0.2) is 46.9 Å². The zero-order valence-electron chi connectivity index (χ0n) is 12.3. The molecule has 2 rings (SSSR count). The summed E-state index contributed by atoms with van der Waals surface area (Å²) in [6.45, 7) is 6.50. The van der Waals surface area contributed by atoms with Crippen molar-refractivity contribution in [3.8, 4) is 0 Å².